The van der Waals surface area contributed by atoms with Crippen LogP contribution in [0.2, 0.25) is 0 Å². The average molecular weight is 405 g/mol. The Bertz CT molecular complexity index is 659. The first-order valence-corrected chi connectivity index (χ1v) is 9.42. The van der Waals surface area contributed by atoms with Gasteiger partial charge in [0.15, 0.2) is 0 Å². The molecule has 0 saturated carbocycles. The Kier molecular flexibility index (Phi) is 9.41. The second-order valence-electron chi connectivity index (χ2n) is 6.97. The zero-order valence-electron chi connectivity index (χ0n) is 16.4. The van der Waals surface area contributed by atoms with Crippen molar-refractivity contribution in [3.8, 4) is 0 Å². The molecule has 1 aromatic rings. The van der Waals surface area contributed by atoms with Crippen LogP contribution in [0.1, 0.15) is 68.8 Å². The van der Waals surface area contributed by atoms with Gasteiger partial charge in [-0.15, -0.1) is 0 Å². The highest BCUT2D eigenvalue weighted by Crippen LogP contribution is 2.30. The van der Waals surface area contributed by atoms with Crippen molar-refractivity contribution in [2.45, 2.75) is 65.1 Å². The number of nitrogens with one attached hydrogen (secondary N) is 1. The lowest BCUT2D eigenvalue weighted by Gasteiger charge is -2.21. The number of rotatable bonds is 10. The summed E-state index contributed by atoms with van der Waals surface area (Å²) in [6, 6.07) is 0.480. The number of unbranched alkanes of at least 4 members (excludes halogenated alkanes) is 4. The number of hydrogen-bond acceptors (Lipinski definition) is 3. The lowest BCUT2D eigenvalue weighted by atomic mass is 10.0. The predicted octanol–water partition coefficient (Wildman–Crippen LogP) is 5.11. The van der Waals surface area contributed by atoms with Crippen LogP contribution >= 0.6 is 0 Å². The van der Waals surface area contributed by atoms with Crippen LogP contribution < -0.4 is 5.32 Å². The van der Waals surface area contributed by atoms with E-state index in [1.54, 1.807) is 13.8 Å². The van der Waals surface area contributed by atoms with E-state index in [9.17, 15) is 27.2 Å². The maximum absolute atomic E-state index is 13.9. The summed E-state index contributed by atoms with van der Waals surface area (Å²) >= 11 is 0. The molecule has 4 nitrogen and oxygen atoms in total. The number of hydrogen-bond donors (Lipinski definition) is 1. The molecule has 1 amide bonds. The standard InChI is InChI=1S/C20H27F4NO3/c1-4-5-6-7-8-11-28-19(27)17(13(2)3)25-18(26)15-12-14(20(22,23)24)9-10-16(15)21/h9-10,12-13,17H,4-8,11H2,1-3H3,(H,25,26). The minimum Gasteiger partial charge on any atom is -0.464 e. The largest absolute Gasteiger partial charge is 0.464 e. The normalized spacial score (nSPS) is 12.7. The summed E-state index contributed by atoms with van der Waals surface area (Å²) in [7, 11) is 0. The van der Waals surface area contributed by atoms with Crippen LogP contribution in [0.4, 0.5) is 17.6 Å². The molecule has 0 aliphatic heterocycles. The molecule has 0 spiro atoms. The first-order chi connectivity index (χ1) is 13.1. The molecule has 8 heteroatoms. The summed E-state index contributed by atoms with van der Waals surface area (Å²) in [5.74, 6) is -3.27. The Morgan fingerprint density at radius 2 is 1.75 bits per heavy atom. The predicted molar refractivity (Wildman–Crippen MR) is 97.2 cm³/mol. The molecule has 0 fully saturated rings. The van der Waals surface area contributed by atoms with Crippen LogP contribution in [-0.4, -0.2) is 24.5 Å². The van der Waals surface area contributed by atoms with Gasteiger partial charge in [0.2, 0.25) is 0 Å². The zero-order chi connectivity index (χ0) is 21.3. The minimum absolute atomic E-state index is 0.194. The van der Waals surface area contributed by atoms with Crippen molar-refractivity contribution in [2.75, 3.05) is 6.61 Å². The van der Waals surface area contributed by atoms with E-state index in [4.69, 9.17) is 4.74 Å². The van der Waals surface area contributed by atoms with Gasteiger partial charge in [-0.05, 0) is 30.5 Å². The number of ether oxygens (including phenoxy) is 1. The molecule has 1 unspecified atom stereocenters. The second kappa shape index (κ2) is 11.0. The molecule has 158 valence electrons. The fourth-order valence-electron chi connectivity index (χ4n) is 2.56. The van der Waals surface area contributed by atoms with Crippen LogP contribution in [0.3, 0.4) is 0 Å². The van der Waals surface area contributed by atoms with Crippen LogP contribution in [-0.2, 0) is 15.7 Å². The van der Waals surface area contributed by atoms with Crippen molar-refractivity contribution >= 4 is 11.9 Å². The molecule has 0 aromatic heterocycles. The fraction of sp³-hybridized carbons (Fsp3) is 0.600. The van der Waals surface area contributed by atoms with Crippen LogP contribution in [0.15, 0.2) is 18.2 Å². The highest BCUT2D eigenvalue weighted by atomic mass is 19.4. The highest BCUT2D eigenvalue weighted by molar-refractivity contribution is 5.97. The second-order valence-corrected chi connectivity index (χ2v) is 6.97. The van der Waals surface area contributed by atoms with E-state index in [2.05, 4.69) is 12.2 Å². The lowest BCUT2D eigenvalue weighted by molar-refractivity contribution is -0.147. The molecule has 1 N–H and O–H groups in total. The summed E-state index contributed by atoms with van der Waals surface area (Å²) in [4.78, 5) is 24.5. The van der Waals surface area contributed by atoms with E-state index >= 15 is 0 Å². The third-order valence-electron chi connectivity index (χ3n) is 4.24. The van der Waals surface area contributed by atoms with E-state index in [-0.39, 0.29) is 12.5 Å². The molecular formula is C20H27F4NO3. The van der Waals surface area contributed by atoms with Gasteiger partial charge in [0, 0.05) is 0 Å². The van der Waals surface area contributed by atoms with Crippen molar-refractivity contribution < 1.29 is 31.9 Å². The van der Waals surface area contributed by atoms with E-state index in [1.807, 2.05) is 0 Å². The van der Waals surface area contributed by atoms with Crippen LogP contribution in [0.25, 0.3) is 0 Å². The van der Waals surface area contributed by atoms with Gasteiger partial charge in [0.05, 0.1) is 17.7 Å². The average Bonchev–Trinajstić information content (AvgIpc) is 2.61. The molecule has 1 aromatic carbocycles. The lowest BCUT2D eigenvalue weighted by Crippen LogP contribution is -2.45. The molecule has 0 radical (unpaired) electrons. The number of benzene rings is 1. The number of esters is 1. The molecule has 1 atom stereocenters. The maximum Gasteiger partial charge on any atom is 0.416 e. The van der Waals surface area contributed by atoms with Gasteiger partial charge in [-0.2, -0.15) is 13.2 Å². The SMILES string of the molecule is CCCCCCCOC(=O)C(NC(=O)c1cc(C(F)(F)F)ccc1F)C(C)C. The van der Waals surface area contributed by atoms with Crippen molar-refractivity contribution in [1.29, 1.82) is 0 Å². The molecule has 0 bridgehead atoms. The molecular weight excluding hydrogens is 378 g/mol. The van der Waals surface area contributed by atoms with E-state index in [1.165, 1.54) is 0 Å². The van der Waals surface area contributed by atoms with Gasteiger partial charge in [0.1, 0.15) is 11.9 Å². The number of halogens is 4. The number of carbonyl (C=O) groups excluding carboxylic acids is 2. The third kappa shape index (κ3) is 7.48. The molecule has 28 heavy (non-hydrogen) atoms. The van der Waals surface area contributed by atoms with E-state index in [0.29, 0.717) is 24.6 Å². The van der Waals surface area contributed by atoms with Crippen molar-refractivity contribution in [3.63, 3.8) is 0 Å². The summed E-state index contributed by atoms with van der Waals surface area (Å²) in [6.45, 7) is 5.58. The molecule has 0 aliphatic carbocycles. The zero-order valence-corrected chi connectivity index (χ0v) is 16.4. The molecule has 1 rings (SSSR count). The van der Waals surface area contributed by atoms with Crippen molar-refractivity contribution in [3.05, 3.63) is 35.1 Å². The first-order valence-electron chi connectivity index (χ1n) is 9.42. The Balaban J connectivity index is 2.76. The molecule has 0 saturated heterocycles. The van der Waals surface area contributed by atoms with Gasteiger partial charge in [-0.3, -0.25) is 4.79 Å². The monoisotopic (exact) mass is 405 g/mol. The number of carbonyl (C=O) groups is 2. The van der Waals surface area contributed by atoms with Crippen LogP contribution in [0.5, 0.6) is 0 Å². The van der Waals surface area contributed by atoms with Crippen molar-refractivity contribution in [1.82, 2.24) is 5.32 Å². The Morgan fingerprint density at radius 3 is 2.32 bits per heavy atom. The van der Waals surface area contributed by atoms with Gasteiger partial charge >= 0.3 is 12.1 Å². The first kappa shape index (κ1) is 23.9. The summed E-state index contributed by atoms with van der Waals surface area (Å²) in [5, 5.41) is 2.29. The summed E-state index contributed by atoms with van der Waals surface area (Å²) in [5.41, 5.74) is -1.91. The van der Waals surface area contributed by atoms with Gasteiger partial charge in [-0.25, -0.2) is 9.18 Å². The molecule has 0 heterocycles. The Morgan fingerprint density at radius 1 is 1.11 bits per heavy atom. The summed E-state index contributed by atoms with van der Waals surface area (Å²) in [6.07, 6.45) is 0.112. The quantitative estimate of drug-likeness (QED) is 0.334. The molecule has 0 aliphatic rings. The van der Waals surface area contributed by atoms with E-state index in [0.717, 1.165) is 25.7 Å². The fourth-order valence-corrected chi connectivity index (χ4v) is 2.56. The number of alkyl halides is 3. The van der Waals surface area contributed by atoms with Gasteiger partial charge in [0.25, 0.3) is 5.91 Å². The Hall–Kier alpha value is -2.12. The third-order valence-corrected chi connectivity index (χ3v) is 4.24. The van der Waals surface area contributed by atoms with Gasteiger partial charge in [-0.1, -0.05) is 46.5 Å². The summed E-state index contributed by atoms with van der Waals surface area (Å²) < 4.78 is 57.4. The van der Waals surface area contributed by atoms with Gasteiger partial charge < -0.3 is 10.1 Å². The topological polar surface area (TPSA) is 55.4 Å². The Labute approximate surface area is 162 Å². The minimum atomic E-state index is -4.71. The van der Waals surface area contributed by atoms with E-state index < -0.39 is 41.0 Å². The maximum atomic E-state index is 13.9. The van der Waals surface area contributed by atoms with Crippen molar-refractivity contribution in [2.24, 2.45) is 5.92 Å². The number of amides is 1. The smallest absolute Gasteiger partial charge is 0.416 e. The highest BCUT2D eigenvalue weighted by Gasteiger charge is 2.33. The van der Waals surface area contributed by atoms with Crippen LogP contribution in [0, 0.1) is 11.7 Å².